The SMILES string of the molecule is O=C(O)C1CC1c1cc(CCOC2C=CC(C3CCNN3)=NC2)ccc1F. The lowest BCUT2D eigenvalue weighted by atomic mass is 10.0. The Balaban J connectivity index is 1.26. The van der Waals surface area contributed by atoms with Crippen molar-refractivity contribution in [3.8, 4) is 0 Å². The van der Waals surface area contributed by atoms with Crippen LogP contribution < -0.4 is 10.9 Å². The smallest absolute Gasteiger partial charge is 0.307 e. The van der Waals surface area contributed by atoms with E-state index < -0.39 is 11.9 Å². The molecule has 0 spiro atoms. The summed E-state index contributed by atoms with van der Waals surface area (Å²) in [5.74, 6) is -1.81. The highest BCUT2D eigenvalue weighted by molar-refractivity contribution is 6.00. The van der Waals surface area contributed by atoms with Gasteiger partial charge in [-0.15, -0.1) is 0 Å². The molecule has 2 aliphatic heterocycles. The van der Waals surface area contributed by atoms with Crippen molar-refractivity contribution in [2.75, 3.05) is 19.7 Å². The number of ether oxygens (including phenoxy) is 1. The zero-order chi connectivity index (χ0) is 18.8. The van der Waals surface area contributed by atoms with Crippen LogP contribution in [0.3, 0.4) is 0 Å². The standard InChI is InChI=1S/C20H24FN3O3/c21-17-3-1-12(9-15(17)14-10-16(14)20(25)26)6-8-27-13-2-4-18(22-11-13)19-5-7-23-24-19/h1-4,9,13-14,16,19,23-24H,5-8,10-11H2,(H,25,26). The first kappa shape index (κ1) is 18.3. The molecule has 27 heavy (non-hydrogen) atoms. The lowest BCUT2D eigenvalue weighted by molar-refractivity contribution is -0.138. The molecule has 1 saturated carbocycles. The highest BCUT2D eigenvalue weighted by Gasteiger charge is 2.45. The van der Waals surface area contributed by atoms with Crippen molar-refractivity contribution in [1.82, 2.24) is 10.9 Å². The van der Waals surface area contributed by atoms with Crippen molar-refractivity contribution in [3.05, 3.63) is 47.3 Å². The molecular weight excluding hydrogens is 349 g/mol. The van der Waals surface area contributed by atoms with Crippen LogP contribution in [0.15, 0.2) is 35.3 Å². The van der Waals surface area contributed by atoms with Gasteiger partial charge >= 0.3 is 5.97 Å². The summed E-state index contributed by atoms with van der Waals surface area (Å²) in [6, 6.07) is 5.24. The average molecular weight is 373 g/mol. The third-order valence-corrected chi connectivity index (χ3v) is 5.42. The van der Waals surface area contributed by atoms with E-state index in [9.17, 15) is 9.18 Å². The van der Waals surface area contributed by atoms with Crippen LogP contribution in [-0.4, -0.2) is 48.6 Å². The van der Waals surface area contributed by atoms with Gasteiger partial charge in [-0.1, -0.05) is 18.2 Å². The van der Waals surface area contributed by atoms with Gasteiger partial charge in [-0.2, -0.15) is 0 Å². The summed E-state index contributed by atoms with van der Waals surface area (Å²) in [6.45, 7) is 2.08. The number of hydrogen-bond donors (Lipinski definition) is 3. The number of carbonyl (C=O) groups is 1. The van der Waals surface area contributed by atoms with Crippen LogP contribution >= 0.6 is 0 Å². The average Bonchev–Trinajstić information content (AvgIpc) is 3.29. The second-order valence-electron chi connectivity index (χ2n) is 7.34. The second-order valence-corrected chi connectivity index (χ2v) is 7.34. The minimum Gasteiger partial charge on any atom is -0.481 e. The minimum atomic E-state index is -0.847. The Morgan fingerprint density at radius 2 is 2.30 bits per heavy atom. The Labute approximate surface area is 157 Å². The number of hydrogen-bond acceptors (Lipinski definition) is 5. The van der Waals surface area contributed by atoms with Crippen LogP contribution in [0.5, 0.6) is 0 Å². The zero-order valence-corrected chi connectivity index (χ0v) is 15.0. The molecule has 4 unspecified atom stereocenters. The fourth-order valence-electron chi connectivity index (χ4n) is 3.73. The van der Waals surface area contributed by atoms with E-state index in [2.05, 4.69) is 15.8 Å². The van der Waals surface area contributed by atoms with Crippen LogP contribution in [0.2, 0.25) is 0 Å². The summed E-state index contributed by atoms with van der Waals surface area (Å²) in [4.78, 5) is 15.6. The van der Waals surface area contributed by atoms with E-state index in [4.69, 9.17) is 9.84 Å². The van der Waals surface area contributed by atoms with Crippen molar-refractivity contribution in [1.29, 1.82) is 0 Å². The van der Waals surface area contributed by atoms with Gasteiger partial charge in [-0.3, -0.25) is 15.2 Å². The Morgan fingerprint density at radius 1 is 1.41 bits per heavy atom. The lowest BCUT2D eigenvalue weighted by Gasteiger charge is -2.19. The van der Waals surface area contributed by atoms with Gasteiger partial charge in [0.1, 0.15) is 5.82 Å². The zero-order valence-electron chi connectivity index (χ0n) is 15.0. The van der Waals surface area contributed by atoms with Gasteiger partial charge in [0.25, 0.3) is 0 Å². The summed E-state index contributed by atoms with van der Waals surface area (Å²) in [6.07, 6.45) is 6.24. The molecule has 4 atom stereocenters. The van der Waals surface area contributed by atoms with E-state index >= 15 is 0 Å². The first-order valence-corrected chi connectivity index (χ1v) is 9.45. The van der Waals surface area contributed by atoms with Crippen molar-refractivity contribution < 1.29 is 19.0 Å². The number of aliphatic imine (C=N–C) groups is 1. The molecule has 1 aliphatic carbocycles. The number of nitrogens with zero attached hydrogens (tertiary/aromatic N) is 1. The van der Waals surface area contributed by atoms with E-state index in [0.29, 0.717) is 31.6 Å². The van der Waals surface area contributed by atoms with Crippen molar-refractivity contribution >= 4 is 11.7 Å². The molecule has 144 valence electrons. The Kier molecular flexibility index (Phi) is 5.33. The third-order valence-electron chi connectivity index (χ3n) is 5.42. The number of nitrogens with one attached hydrogen (secondary N) is 2. The van der Waals surface area contributed by atoms with Gasteiger partial charge in [0, 0.05) is 12.5 Å². The van der Waals surface area contributed by atoms with E-state index in [1.807, 2.05) is 12.2 Å². The first-order valence-electron chi connectivity index (χ1n) is 9.45. The number of halogens is 1. The molecule has 3 aliphatic rings. The normalized spacial score (nSPS) is 29.6. The highest BCUT2D eigenvalue weighted by Crippen LogP contribution is 2.48. The maximum Gasteiger partial charge on any atom is 0.307 e. The van der Waals surface area contributed by atoms with Gasteiger partial charge in [0.05, 0.1) is 36.9 Å². The summed E-state index contributed by atoms with van der Waals surface area (Å²) < 4.78 is 19.9. The van der Waals surface area contributed by atoms with Gasteiger partial charge in [-0.05, 0) is 42.5 Å². The second kappa shape index (κ2) is 7.88. The van der Waals surface area contributed by atoms with Crippen LogP contribution in [-0.2, 0) is 16.0 Å². The van der Waals surface area contributed by atoms with Gasteiger partial charge in [0.15, 0.2) is 0 Å². The fourth-order valence-corrected chi connectivity index (χ4v) is 3.73. The maximum atomic E-state index is 14.0. The number of carboxylic acid groups (broad SMARTS) is 1. The topological polar surface area (TPSA) is 83.0 Å². The molecule has 2 heterocycles. The molecule has 0 bridgehead atoms. The number of hydrazine groups is 1. The molecule has 7 heteroatoms. The van der Waals surface area contributed by atoms with Crippen LogP contribution in [0.4, 0.5) is 4.39 Å². The predicted octanol–water partition coefficient (Wildman–Crippen LogP) is 1.82. The molecule has 1 aromatic rings. The maximum absolute atomic E-state index is 14.0. The van der Waals surface area contributed by atoms with Crippen molar-refractivity contribution in [2.24, 2.45) is 10.9 Å². The minimum absolute atomic E-state index is 0.0390. The van der Waals surface area contributed by atoms with Crippen molar-refractivity contribution in [2.45, 2.75) is 37.3 Å². The van der Waals surface area contributed by atoms with Gasteiger partial charge < -0.3 is 9.84 Å². The summed E-state index contributed by atoms with van der Waals surface area (Å²) in [5.41, 5.74) is 8.85. The molecule has 1 aromatic carbocycles. The van der Waals surface area contributed by atoms with Crippen LogP contribution in [0, 0.1) is 11.7 Å². The van der Waals surface area contributed by atoms with Gasteiger partial charge in [-0.25, -0.2) is 9.82 Å². The lowest BCUT2D eigenvalue weighted by Crippen LogP contribution is -2.37. The summed E-state index contributed by atoms with van der Waals surface area (Å²) >= 11 is 0. The Hall–Kier alpha value is -2.09. The Morgan fingerprint density at radius 3 is 2.96 bits per heavy atom. The number of benzene rings is 1. The highest BCUT2D eigenvalue weighted by atomic mass is 19.1. The van der Waals surface area contributed by atoms with Crippen LogP contribution in [0.25, 0.3) is 0 Å². The third kappa shape index (κ3) is 4.26. The van der Waals surface area contributed by atoms with E-state index in [-0.39, 0.29) is 23.9 Å². The monoisotopic (exact) mass is 373 g/mol. The molecule has 0 aromatic heterocycles. The number of aliphatic carboxylic acids is 1. The largest absolute Gasteiger partial charge is 0.481 e. The molecule has 0 amide bonds. The van der Waals surface area contributed by atoms with E-state index in [0.717, 1.165) is 24.2 Å². The molecule has 6 nitrogen and oxygen atoms in total. The number of rotatable bonds is 7. The molecular formula is C20H24FN3O3. The molecule has 3 N–H and O–H groups in total. The predicted molar refractivity (Wildman–Crippen MR) is 99.3 cm³/mol. The van der Waals surface area contributed by atoms with E-state index in [1.165, 1.54) is 6.07 Å². The fraction of sp³-hybridized carbons (Fsp3) is 0.500. The van der Waals surface area contributed by atoms with Gasteiger partial charge in [0.2, 0.25) is 0 Å². The summed E-state index contributed by atoms with van der Waals surface area (Å²) in [7, 11) is 0. The quantitative estimate of drug-likeness (QED) is 0.679. The number of carboxylic acids is 1. The molecule has 0 radical (unpaired) electrons. The first-order chi connectivity index (χ1) is 13.1. The molecule has 2 fully saturated rings. The molecule has 4 rings (SSSR count). The molecule has 1 saturated heterocycles. The van der Waals surface area contributed by atoms with E-state index in [1.54, 1.807) is 12.1 Å². The summed E-state index contributed by atoms with van der Waals surface area (Å²) in [5, 5.41) is 9.05. The van der Waals surface area contributed by atoms with Crippen LogP contribution in [0.1, 0.15) is 29.9 Å². The van der Waals surface area contributed by atoms with Crippen molar-refractivity contribution in [3.63, 3.8) is 0 Å². The number of dihydropyridines is 1. The Bertz CT molecular complexity index is 774.